The molecule has 0 bridgehead atoms. The van der Waals surface area contributed by atoms with E-state index < -0.39 is 0 Å². The maximum Gasteiger partial charge on any atom is 0.256 e. The average molecular weight is 276 g/mol. The number of carbonyl (C=O) groups excluding carboxylic acids is 1. The van der Waals surface area contributed by atoms with Crippen LogP contribution in [0.15, 0.2) is 42.7 Å². The lowest BCUT2D eigenvalue weighted by molar-refractivity contribution is 0.0786. The summed E-state index contributed by atoms with van der Waals surface area (Å²) in [5.74, 6) is -0.163. The SMILES string of the molecule is CN(Cc1cccnc1)C(=O)c1cc(Cl)ccc1N. The van der Waals surface area contributed by atoms with Gasteiger partial charge in [0.05, 0.1) is 5.56 Å². The third-order valence-electron chi connectivity index (χ3n) is 2.73. The molecule has 0 fully saturated rings. The van der Waals surface area contributed by atoms with Crippen LogP contribution in [0.1, 0.15) is 15.9 Å². The van der Waals surface area contributed by atoms with Gasteiger partial charge < -0.3 is 10.6 Å². The maximum absolute atomic E-state index is 12.3. The van der Waals surface area contributed by atoms with E-state index in [0.29, 0.717) is 22.8 Å². The fraction of sp³-hybridized carbons (Fsp3) is 0.143. The first kappa shape index (κ1) is 13.4. The molecule has 0 radical (unpaired) electrons. The number of hydrogen-bond acceptors (Lipinski definition) is 3. The molecule has 1 heterocycles. The summed E-state index contributed by atoms with van der Waals surface area (Å²) in [5.41, 5.74) is 7.60. The summed E-state index contributed by atoms with van der Waals surface area (Å²) in [6.07, 6.45) is 3.42. The molecule has 1 aromatic carbocycles. The number of benzene rings is 1. The van der Waals surface area contributed by atoms with Gasteiger partial charge in [0.2, 0.25) is 0 Å². The molecule has 19 heavy (non-hydrogen) atoms. The van der Waals surface area contributed by atoms with Gasteiger partial charge in [0.1, 0.15) is 0 Å². The first-order valence-electron chi connectivity index (χ1n) is 5.77. The first-order valence-corrected chi connectivity index (χ1v) is 6.15. The Morgan fingerprint density at radius 2 is 2.21 bits per heavy atom. The Morgan fingerprint density at radius 3 is 2.89 bits per heavy atom. The Morgan fingerprint density at radius 1 is 1.42 bits per heavy atom. The van der Waals surface area contributed by atoms with Crippen LogP contribution in [-0.4, -0.2) is 22.8 Å². The zero-order valence-corrected chi connectivity index (χ0v) is 11.3. The van der Waals surface area contributed by atoms with E-state index in [1.165, 1.54) is 0 Å². The van der Waals surface area contributed by atoms with Gasteiger partial charge in [0, 0.05) is 36.7 Å². The fourth-order valence-electron chi connectivity index (χ4n) is 1.76. The van der Waals surface area contributed by atoms with E-state index in [4.69, 9.17) is 17.3 Å². The molecule has 2 N–H and O–H groups in total. The van der Waals surface area contributed by atoms with Crippen LogP contribution in [0.4, 0.5) is 5.69 Å². The number of aromatic nitrogens is 1. The number of rotatable bonds is 3. The van der Waals surface area contributed by atoms with Crippen molar-refractivity contribution in [2.75, 3.05) is 12.8 Å². The van der Waals surface area contributed by atoms with E-state index in [-0.39, 0.29) is 5.91 Å². The van der Waals surface area contributed by atoms with Crippen molar-refractivity contribution in [3.63, 3.8) is 0 Å². The molecule has 2 rings (SSSR count). The van der Waals surface area contributed by atoms with Crippen LogP contribution in [-0.2, 0) is 6.54 Å². The Hall–Kier alpha value is -2.07. The van der Waals surface area contributed by atoms with E-state index in [1.54, 1.807) is 42.5 Å². The summed E-state index contributed by atoms with van der Waals surface area (Å²) in [6, 6.07) is 8.63. The number of pyridine rings is 1. The second-order valence-electron chi connectivity index (χ2n) is 4.25. The molecule has 1 amide bonds. The zero-order valence-electron chi connectivity index (χ0n) is 10.5. The molecule has 0 spiro atoms. The van der Waals surface area contributed by atoms with Crippen molar-refractivity contribution in [2.24, 2.45) is 0 Å². The fourth-order valence-corrected chi connectivity index (χ4v) is 1.93. The molecule has 0 saturated carbocycles. The van der Waals surface area contributed by atoms with Crippen LogP contribution in [0.2, 0.25) is 5.02 Å². The average Bonchev–Trinajstić information content (AvgIpc) is 2.42. The third kappa shape index (κ3) is 3.23. The molecule has 5 heteroatoms. The van der Waals surface area contributed by atoms with E-state index in [1.807, 2.05) is 12.1 Å². The van der Waals surface area contributed by atoms with E-state index in [2.05, 4.69) is 4.98 Å². The number of nitrogen functional groups attached to an aromatic ring is 1. The largest absolute Gasteiger partial charge is 0.398 e. The molecular formula is C14H14ClN3O. The van der Waals surface area contributed by atoms with Crippen molar-refractivity contribution in [1.29, 1.82) is 0 Å². The van der Waals surface area contributed by atoms with Crippen molar-refractivity contribution >= 4 is 23.2 Å². The van der Waals surface area contributed by atoms with Crippen LogP contribution >= 0.6 is 11.6 Å². The number of amides is 1. The highest BCUT2D eigenvalue weighted by Crippen LogP contribution is 2.19. The first-order chi connectivity index (χ1) is 9.08. The topological polar surface area (TPSA) is 59.2 Å². The molecule has 2 aromatic rings. The van der Waals surface area contributed by atoms with Crippen LogP contribution in [0.5, 0.6) is 0 Å². The van der Waals surface area contributed by atoms with Crippen molar-refractivity contribution in [3.05, 3.63) is 58.9 Å². The minimum absolute atomic E-state index is 0.163. The summed E-state index contributed by atoms with van der Waals surface area (Å²) in [5, 5.41) is 0.493. The number of halogens is 1. The van der Waals surface area contributed by atoms with Crippen LogP contribution in [0.25, 0.3) is 0 Å². The monoisotopic (exact) mass is 275 g/mol. The molecular weight excluding hydrogens is 262 g/mol. The highest BCUT2D eigenvalue weighted by molar-refractivity contribution is 6.31. The Labute approximate surface area is 116 Å². The number of carbonyl (C=O) groups is 1. The molecule has 0 aliphatic rings. The number of hydrogen-bond donors (Lipinski definition) is 1. The van der Waals surface area contributed by atoms with E-state index >= 15 is 0 Å². The highest BCUT2D eigenvalue weighted by atomic mass is 35.5. The van der Waals surface area contributed by atoms with E-state index in [9.17, 15) is 4.79 Å². The molecule has 0 saturated heterocycles. The summed E-state index contributed by atoms with van der Waals surface area (Å²) in [4.78, 5) is 17.9. The highest BCUT2D eigenvalue weighted by Gasteiger charge is 2.15. The molecule has 98 valence electrons. The maximum atomic E-state index is 12.3. The zero-order chi connectivity index (χ0) is 13.8. The van der Waals surface area contributed by atoms with Gasteiger partial charge in [0.25, 0.3) is 5.91 Å². The van der Waals surface area contributed by atoms with Gasteiger partial charge in [-0.2, -0.15) is 0 Å². The lowest BCUT2D eigenvalue weighted by Gasteiger charge is -2.18. The summed E-state index contributed by atoms with van der Waals surface area (Å²) in [7, 11) is 1.72. The van der Waals surface area contributed by atoms with Crippen LogP contribution in [0.3, 0.4) is 0 Å². The number of nitrogens with two attached hydrogens (primary N) is 1. The number of anilines is 1. The predicted molar refractivity (Wildman–Crippen MR) is 75.9 cm³/mol. The lowest BCUT2D eigenvalue weighted by atomic mass is 10.1. The molecule has 1 aromatic heterocycles. The third-order valence-corrected chi connectivity index (χ3v) is 2.97. The minimum atomic E-state index is -0.163. The predicted octanol–water partition coefficient (Wildman–Crippen LogP) is 2.59. The Balaban J connectivity index is 2.17. The lowest BCUT2D eigenvalue weighted by Crippen LogP contribution is -2.27. The standard InChI is InChI=1S/C14H14ClN3O/c1-18(9-10-3-2-6-17-8-10)14(19)12-7-11(15)4-5-13(12)16/h2-8H,9,16H2,1H3. The Kier molecular flexibility index (Phi) is 4.02. The van der Waals surface area contributed by atoms with Gasteiger partial charge in [0.15, 0.2) is 0 Å². The second-order valence-corrected chi connectivity index (χ2v) is 4.69. The van der Waals surface area contributed by atoms with Crippen LogP contribution < -0.4 is 5.73 Å². The van der Waals surface area contributed by atoms with Gasteiger partial charge in [-0.3, -0.25) is 9.78 Å². The summed E-state index contributed by atoms with van der Waals surface area (Å²) >= 11 is 5.89. The molecule has 4 nitrogen and oxygen atoms in total. The van der Waals surface area contributed by atoms with Gasteiger partial charge in [-0.15, -0.1) is 0 Å². The quantitative estimate of drug-likeness (QED) is 0.876. The summed E-state index contributed by atoms with van der Waals surface area (Å²) < 4.78 is 0. The van der Waals surface area contributed by atoms with Crippen molar-refractivity contribution in [2.45, 2.75) is 6.54 Å². The van der Waals surface area contributed by atoms with Crippen molar-refractivity contribution < 1.29 is 4.79 Å². The van der Waals surface area contributed by atoms with E-state index in [0.717, 1.165) is 5.56 Å². The van der Waals surface area contributed by atoms with Crippen molar-refractivity contribution in [1.82, 2.24) is 9.88 Å². The smallest absolute Gasteiger partial charge is 0.256 e. The Bertz CT molecular complexity index is 586. The number of nitrogens with zero attached hydrogens (tertiary/aromatic N) is 2. The van der Waals surface area contributed by atoms with Crippen LogP contribution in [0, 0.1) is 0 Å². The minimum Gasteiger partial charge on any atom is -0.398 e. The van der Waals surface area contributed by atoms with Gasteiger partial charge >= 0.3 is 0 Å². The molecule has 0 atom stereocenters. The van der Waals surface area contributed by atoms with Gasteiger partial charge in [-0.1, -0.05) is 17.7 Å². The van der Waals surface area contributed by atoms with Crippen molar-refractivity contribution in [3.8, 4) is 0 Å². The summed E-state index contributed by atoms with van der Waals surface area (Å²) in [6.45, 7) is 0.471. The normalized spacial score (nSPS) is 10.2. The molecule has 0 aliphatic heterocycles. The van der Waals surface area contributed by atoms with Gasteiger partial charge in [-0.05, 0) is 29.8 Å². The molecule has 0 aliphatic carbocycles. The van der Waals surface area contributed by atoms with Gasteiger partial charge in [-0.25, -0.2) is 0 Å². The second kappa shape index (κ2) is 5.71. The molecule has 0 unspecified atom stereocenters.